The number of nitriles is 1. The van der Waals surface area contributed by atoms with Crippen LogP contribution in [0.25, 0.3) is 0 Å². The molecule has 0 aromatic heterocycles. The van der Waals surface area contributed by atoms with Gasteiger partial charge in [-0.2, -0.15) is 5.26 Å². The van der Waals surface area contributed by atoms with Crippen LogP contribution in [0.2, 0.25) is 5.02 Å². The van der Waals surface area contributed by atoms with E-state index in [1.165, 1.54) is 4.90 Å². The number of benzene rings is 1. The van der Waals surface area contributed by atoms with Gasteiger partial charge in [-0.25, -0.2) is 0 Å². The number of nitrogens with zero attached hydrogens (tertiary/aromatic N) is 2. The fourth-order valence-electron chi connectivity index (χ4n) is 1.99. The van der Waals surface area contributed by atoms with E-state index in [-0.39, 0.29) is 18.9 Å². The molecule has 1 aliphatic heterocycles. The molecule has 1 heterocycles. The standard InChI is InChI=1S/C12H10ClN3O2/c13-9-3-1-2-7(5-14)11(9)16-6-8(12(15)18)4-10(16)17/h1-3,8H,4,6H2,(H2,15,18). The minimum atomic E-state index is -0.527. The first kappa shape index (κ1) is 12.4. The number of anilines is 1. The smallest absolute Gasteiger partial charge is 0.227 e. The van der Waals surface area contributed by atoms with E-state index in [4.69, 9.17) is 22.6 Å². The zero-order valence-corrected chi connectivity index (χ0v) is 10.1. The molecule has 1 atom stereocenters. The molecule has 0 saturated carbocycles. The number of carbonyl (C=O) groups is 2. The first-order chi connectivity index (χ1) is 8.54. The van der Waals surface area contributed by atoms with E-state index >= 15 is 0 Å². The first-order valence-corrected chi connectivity index (χ1v) is 5.70. The zero-order chi connectivity index (χ0) is 13.3. The molecule has 1 aromatic rings. The quantitative estimate of drug-likeness (QED) is 0.865. The Hall–Kier alpha value is -2.06. The van der Waals surface area contributed by atoms with Gasteiger partial charge < -0.3 is 10.6 Å². The summed E-state index contributed by atoms with van der Waals surface area (Å²) in [7, 11) is 0. The maximum absolute atomic E-state index is 11.9. The molecule has 2 amide bonds. The van der Waals surface area contributed by atoms with Gasteiger partial charge in [-0.05, 0) is 12.1 Å². The Kier molecular flexibility index (Phi) is 3.21. The summed E-state index contributed by atoms with van der Waals surface area (Å²) in [6.45, 7) is 0.173. The van der Waals surface area contributed by atoms with Gasteiger partial charge in [0.2, 0.25) is 11.8 Å². The van der Waals surface area contributed by atoms with Crippen LogP contribution >= 0.6 is 11.6 Å². The molecule has 1 aromatic carbocycles. The summed E-state index contributed by atoms with van der Waals surface area (Å²) in [5.41, 5.74) is 5.86. The molecule has 1 aliphatic rings. The van der Waals surface area contributed by atoms with Gasteiger partial charge in [0.05, 0.1) is 22.2 Å². The highest BCUT2D eigenvalue weighted by molar-refractivity contribution is 6.34. The molecular formula is C12H10ClN3O2. The van der Waals surface area contributed by atoms with Gasteiger partial charge in [0, 0.05) is 13.0 Å². The van der Waals surface area contributed by atoms with Gasteiger partial charge in [0.1, 0.15) is 6.07 Å². The monoisotopic (exact) mass is 263 g/mol. The first-order valence-electron chi connectivity index (χ1n) is 5.33. The van der Waals surface area contributed by atoms with E-state index in [1.54, 1.807) is 18.2 Å². The van der Waals surface area contributed by atoms with Crippen LogP contribution in [0.1, 0.15) is 12.0 Å². The van der Waals surface area contributed by atoms with Crippen molar-refractivity contribution in [3.05, 3.63) is 28.8 Å². The highest BCUT2D eigenvalue weighted by Gasteiger charge is 2.35. The second kappa shape index (κ2) is 4.67. The van der Waals surface area contributed by atoms with E-state index in [2.05, 4.69) is 0 Å². The number of nitrogens with two attached hydrogens (primary N) is 1. The average molecular weight is 264 g/mol. The normalized spacial score (nSPS) is 18.8. The number of halogens is 1. The number of para-hydroxylation sites is 1. The highest BCUT2D eigenvalue weighted by atomic mass is 35.5. The van der Waals surface area contributed by atoms with Gasteiger partial charge >= 0.3 is 0 Å². The number of primary amides is 1. The van der Waals surface area contributed by atoms with Crippen LogP contribution in [0.15, 0.2) is 18.2 Å². The predicted octanol–water partition coefficient (Wildman–Crippen LogP) is 1.05. The van der Waals surface area contributed by atoms with E-state index in [1.807, 2.05) is 6.07 Å². The molecule has 1 fully saturated rings. The van der Waals surface area contributed by atoms with Crippen molar-refractivity contribution in [2.24, 2.45) is 11.7 Å². The van der Waals surface area contributed by atoms with Crippen LogP contribution in [0, 0.1) is 17.2 Å². The number of hydrogen-bond donors (Lipinski definition) is 1. The van der Waals surface area contributed by atoms with Crippen LogP contribution in [0.3, 0.4) is 0 Å². The number of amides is 2. The average Bonchev–Trinajstić information content (AvgIpc) is 2.71. The molecular weight excluding hydrogens is 254 g/mol. The van der Waals surface area contributed by atoms with Gasteiger partial charge in [-0.1, -0.05) is 17.7 Å². The molecule has 2 N–H and O–H groups in total. The molecule has 1 unspecified atom stereocenters. The molecule has 6 heteroatoms. The zero-order valence-electron chi connectivity index (χ0n) is 9.39. The minimum absolute atomic E-state index is 0.0609. The summed E-state index contributed by atoms with van der Waals surface area (Å²) >= 11 is 6.02. The lowest BCUT2D eigenvalue weighted by Crippen LogP contribution is -2.29. The van der Waals surface area contributed by atoms with Gasteiger partial charge in [-0.15, -0.1) is 0 Å². The van der Waals surface area contributed by atoms with Crippen molar-refractivity contribution in [1.82, 2.24) is 0 Å². The molecule has 92 valence electrons. The predicted molar refractivity (Wildman–Crippen MR) is 65.8 cm³/mol. The summed E-state index contributed by atoms with van der Waals surface area (Å²) < 4.78 is 0. The Labute approximate surface area is 109 Å². The summed E-state index contributed by atoms with van der Waals surface area (Å²) in [4.78, 5) is 24.3. The summed E-state index contributed by atoms with van der Waals surface area (Å²) in [5, 5.41) is 9.34. The van der Waals surface area contributed by atoms with Crippen molar-refractivity contribution in [1.29, 1.82) is 5.26 Å². The van der Waals surface area contributed by atoms with Crippen molar-refractivity contribution in [2.45, 2.75) is 6.42 Å². The van der Waals surface area contributed by atoms with Gasteiger partial charge in [0.25, 0.3) is 0 Å². The Balaban J connectivity index is 2.42. The van der Waals surface area contributed by atoms with E-state index in [0.717, 1.165) is 0 Å². The lowest BCUT2D eigenvalue weighted by Gasteiger charge is -2.19. The summed E-state index contributed by atoms with van der Waals surface area (Å²) in [6, 6.07) is 6.79. The third-order valence-corrected chi connectivity index (χ3v) is 3.21. The minimum Gasteiger partial charge on any atom is -0.369 e. The molecule has 0 spiro atoms. The van der Waals surface area contributed by atoms with Crippen molar-refractivity contribution in [3.8, 4) is 6.07 Å². The Bertz CT molecular complexity index is 565. The molecule has 18 heavy (non-hydrogen) atoms. The molecule has 0 radical (unpaired) electrons. The second-order valence-corrected chi connectivity index (χ2v) is 4.46. The Morgan fingerprint density at radius 3 is 2.83 bits per heavy atom. The van der Waals surface area contributed by atoms with Crippen molar-refractivity contribution >= 4 is 29.1 Å². The van der Waals surface area contributed by atoms with E-state index in [0.29, 0.717) is 16.3 Å². The molecule has 0 bridgehead atoms. The third kappa shape index (κ3) is 2.03. The SMILES string of the molecule is N#Cc1cccc(Cl)c1N1CC(C(N)=O)CC1=O. The molecule has 5 nitrogen and oxygen atoms in total. The second-order valence-electron chi connectivity index (χ2n) is 4.06. The maximum atomic E-state index is 11.9. The van der Waals surface area contributed by atoms with E-state index < -0.39 is 11.8 Å². The van der Waals surface area contributed by atoms with Crippen LogP contribution < -0.4 is 10.6 Å². The van der Waals surface area contributed by atoms with Gasteiger partial charge in [-0.3, -0.25) is 9.59 Å². The number of hydrogen-bond acceptors (Lipinski definition) is 3. The van der Waals surface area contributed by atoms with Crippen molar-refractivity contribution in [2.75, 3.05) is 11.4 Å². The fraction of sp³-hybridized carbons (Fsp3) is 0.250. The topological polar surface area (TPSA) is 87.2 Å². The molecule has 2 rings (SSSR count). The third-order valence-electron chi connectivity index (χ3n) is 2.90. The number of carbonyl (C=O) groups excluding carboxylic acids is 2. The molecule has 1 saturated heterocycles. The van der Waals surface area contributed by atoms with Crippen molar-refractivity contribution < 1.29 is 9.59 Å². The Morgan fingerprint density at radius 2 is 2.28 bits per heavy atom. The lowest BCUT2D eigenvalue weighted by molar-refractivity contribution is -0.123. The van der Waals surface area contributed by atoms with E-state index in [9.17, 15) is 9.59 Å². The number of rotatable bonds is 2. The van der Waals surface area contributed by atoms with Crippen LogP contribution in [-0.2, 0) is 9.59 Å². The highest BCUT2D eigenvalue weighted by Crippen LogP contribution is 2.33. The van der Waals surface area contributed by atoms with Crippen LogP contribution in [0.4, 0.5) is 5.69 Å². The molecule has 0 aliphatic carbocycles. The summed E-state index contributed by atoms with van der Waals surface area (Å²) in [6.07, 6.45) is 0.0609. The largest absolute Gasteiger partial charge is 0.369 e. The summed E-state index contributed by atoms with van der Waals surface area (Å²) in [5.74, 6) is -1.29. The lowest BCUT2D eigenvalue weighted by atomic mass is 10.1. The van der Waals surface area contributed by atoms with Crippen molar-refractivity contribution in [3.63, 3.8) is 0 Å². The van der Waals surface area contributed by atoms with Gasteiger partial charge in [0.15, 0.2) is 0 Å². The maximum Gasteiger partial charge on any atom is 0.227 e. The van der Waals surface area contributed by atoms with Crippen LogP contribution in [-0.4, -0.2) is 18.4 Å². The Morgan fingerprint density at radius 1 is 1.56 bits per heavy atom. The fourth-order valence-corrected chi connectivity index (χ4v) is 2.27. The van der Waals surface area contributed by atoms with Crippen LogP contribution in [0.5, 0.6) is 0 Å².